The second-order valence-corrected chi connectivity index (χ2v) is 7.51. The largest absolute Gasteiger partial charge is 0.480 e. The van der Waals surface area contributed by atoms with Crippen molar-refractivity contribution >= 4 is 43.9 Å². The van der Waals surface area contributed by atoms with E-state index in [1.807, 2.05) is 67.6 Å². The van der Waals surface area contributed by atoms with Crippen LogP contribution in [0.5, 0.6) is 5.75 Å². The van der Waals surface area contributed by atoms with Gasteiger partial charge in [0.05, 0.1) is 10.2 Å². The molecule has 3 aromatic carbocycles. The Morgan fingerprint density at radius 1 is 1.14 bits per heavy atom. The number of anilines is 1. The normalized spacial score (nSPS) is 12.2. The summed E-state index contributed by atoms with van der Waals surface area (Å²) in [5, 5.41) is 4.91. The van der Waals surface area contributed by atoms with Crippen LogP contribution in [0.25, 0.3) is 21.0 Å². The Balaban J connectivity index is 1.53. The Kier molecular flexibility index (Phi) is 4.88. The number of carbonyl (C=O) groups excluding carboxylic acids is 1. The number of hydrogen-bond donors (Lipinski definition) is 1. The van der Waals surface area contributed by atoms with Crippen LogP contribution in [0.2, 0.25) is 0 Å². The molecule has 0 aliphatic rings. The number of benzene rings is 3. The molecule has 5 nitrogen and oxygen atoms in total. The Morgan fingerprint density at radius 2 is 1.93 bits per heavy atom. The maximum Gasteiger partial charge on any atom is 0.308 e. The monoisotopic (exact) mass is 392 g/mol. The number of aromatic nitrogens is 1. The van der Waals surface area contributed by atoms with Gasteiger partial charge >= 0.3 is 4.87 Å². The summed E-state index contributed by atoms with van der Waals surface area (Å²) in [6.07, 6.45) is -0.666. The van der Waals surface area contributed by atoms with Gasteiger partial charge in [-0.25, -0.2) is 0 Å². The van der Waals surface area contributed by atoms with Crippen LogP contribution < -0.4 is 14.9 Å². The second kappa shape index (κ2) is 7.48. The van der Waals surface area contributed by atoms with E-state index in [1.165, 1.54) is 11.3 Å². The average Bonchev–Trinajstić information content (AvgIpc) is 3.02. The van der Waals surface area contributed by atoms with Crippen molar-refractivity contribution in [2.24, 2.45) is 0 Å². The van der Waals surface area contributed by atoms with Crippen molar-refractivity contribution in [3.8, 4) is 5.75 Å². The number of hydrogen-bond acceptors (Lipinski definition) is 4. The third kappa shape index (κ3) is 3.39. The zero-order valence-corrected chi connectivity index (χ0v) is 16.5. The van der Waals surface area contributed by atoms with Gasteiger partial charge in [0.25, 0.3) is 5.91 Å². The van der Waals surface area contributed by atoms with E-state index in [1.54, 1.807) is 11.5 Å². The number of nitrogens with one attached hydrogen (secondary N) is 1. The minimum atomic E-state index is -0.666. The lowest BCUT2D eigenvalue weighted by Crippen LogP contribution is -2.30. The number of amides is 1. The number of aryl methyl sites for hydroxylation is 1. The van der Waals surface area contributed by atoms with E-state index in [-0.39, 0.29) is 10.8 Å². The molecular formula is C22H20N2O3S. The number of ether oxygens (including phenoxy) is 1. The van der Waals surface area contributed by atoms with Crippen LogP contribution in [-0.4, -0.2) is 16.6 Å². The van der Waals surface area contributed by atoms with E-state index in [0.717, 1.165) is 21.0 Å². The number of fused-ring (bicyclic) bond motifs is 2. The molecule has 0 spiro atoms. The molecule has 1 heterocycles. The number of nitrogens with zero attached hydrogens (tertiary/aromatic N) is 1. The summed E-state index contributed by atoms with van der Waals surface area (Å²) in [6, 6.07) is 19.2. The minimum absolute atomic E-state index is 0.00799. The number of rotatable bonds is 5. The molecule has 0 saturated carbocycles. The molecule has 0 aliphatic heterocycles. The van der Waals surface area contributed by atoms with Crippen molar-refractivity contribution in [3.63, 3.8) is 0 Å². The van der Waals surface area contributed by atoms with Crippen LogP contribution in [0, 0.1) is 0 Å². The van der Waals surface area contributed by atoms with Crippen molar-refractivity contribution < 1.29 is 9.53 Å². The molecule has 1 amide bonds. The van der Waals surface area contributed by atoms with Crippen molar-refractivity contribution in [1.29, 1.82) is 0 Å². The fourth-order valence-electron chi connectivity index (χ4n) is 3.23. The molecule has 0 fully saturated rings. The summed E-state index contributed by atoms with van der Waals surface area (Å²) < 4.78 is 8.50. The van der Waals surface area contributed by atoms with Gasteiger partial charge in [0.2, 0.25) is 0 Å². The zero-order chi connectivity index (χ0) is 19.7. The SMILES string of the molecule is CCn1c(=O)sc2cc(NC(=O)[C@H](C)Oc3cccc4ccccc34)ccc21. The van der Waals surface area contributed by atoms with Gasteiger partial charge in [-0.3, -0.25) is 14.2 Å². The fraction of sp³-hybridized carbons (Fsp3) is 0.182. The molecule has 1 aromatic heterocycles. The van der Waals surface area contributed by atoms with E-state index in [9.17, 15) is 9.59 Å². The first kappa shape index (κ1) is 18.3. The highest BCUT2D eigenvalue weighted by Gasteiger charge is 2.17. The number of thiazole rings is 1. The van der Waals surface area contributed by atoms with Gasteiger partial charge in [-0.15, -0.1) is 0 Å². The molecule has 4 aromatic rings. The van der Waals surface area contributed by atoms with Crippen molar-refractivity contribution in [2.75, 3.05) is 5.32 Å². The Bertz CT molecular complexity index is 1220. The molecule has 0 radical (unpaired) electrons. The van der Waals surface area contributed by atoms with Gasteiger partial charge in [-0.05, 0) is 43.5 Å². The first-order valence-electron chi connectivity index (χ1n) is 9.15. The van der Waals surface area contributed by atoms with Gasteiger partial charge in [0.15, 0.2) is 6.10 Å². The first-order valence-corrected chi connectivity index (χ1v) is 9.97. The van der Waals surface area contributed by atoms with Crippen LogP contribution in [0.4, 0.5) is 5.69 Å². The third-order valence-corrected chi connectivity index (χ3v) is 5.62. The zero-order valence-electron chi connectivity index (χ0n) is 15.6. The summed E-state index contributed by atoms with van der Waals surface area (Å²) in [5.41, 5.74) is 1.53. The Labute approximate surface area is 166 Å². The van der Waals surface area contributed by atoms with E-state index in [2.05, 4.69) is 5.32 Å². The molecule has 1 N–H and O–H groups in total. The van der Waals surface area contributed by atoms with Crippen LogP contribution in [0.15, 0.2) is 65.5 Å². The summed E-state index contributed by atoms with van der Waals surface area (Å²) in [5.74, 6) is 0.434. The molecule has 0 aliphatic carbocycles. The smallest absolute Gasteiger partial charge is 0.308 e. The molecule has 0 saturated heterocycles. The quantitative estimate of drug-likeness (QED) is 0.538. The lowest BCUT2D eigenvalue weighted by molar-refractivity contribution is -0.122. The molecule has 142 valence electrons. The van der Waals surface area contributed by atoms with Gasteiger partial charge in [-0.2, -0.15) is 0 Å². The topological polar surface area (TPSA) is 60.3 Å². The molecule has 0 bridgehead atoms. The first-order chi connectivity index (χ1) is 13.6. The highest BCUT2D eigenvalue weighted by molar-refractivity contribution is 7.16. The molecule has 28 heavy (non-hydrogen) atoms. The Hall–Kier alpha value is -3.12. The van der Waals surface area contributed by atoms with Crippen LogP contribution in [0.3, 0.4) is 0 Å². The summed E-state index contributed by atoms with van der Waals surface area (Å²) in [4.78, 5) is 24.6. The van der Waals surface area contributed by atoms with E-state index in [4.69, 9.17) is 4.74 Å². The minimum Gasteiger partial charge on any atom is -0.480 e. The highest BCUT2D eigenvalue weighted by Crippen LogP contribution is 2.26. The van der Waals surface area contributed by atoms with Gasteiger partial charge in [0.1, 0.15) is 5.75 Å². The summed E-state index contributed by atoms with van der Waals surface area (Å²) in [6.45, 7) is 4.29. The summed E-state index contributed by atoms with van der Waals surface area (Å²) in [7, 11) is 0. The van der Waals surface area contributed by atoms with Crippen molar-refractivity contribution in [3.05, 3.63) is 70.3 Å². The van der Waals surface area contributed by atoms with Crippen LogP contribution in [0.1, 0.15) is 13.8 Å². The third-order valence-electron chi connectivity index (χ3n) is 4.67. The van der Waals surface area contributed by atoms with Gasteiger partial charge in [-0.1, -0.05) is 47.7 Å². The number of carbonyl (C=O) groups is 1. The highest BCUT2D eigenvalue weighted by atomic mass is 32.1. The predicted octanol–water partition coefficient (Wildman–Crippen LogP) is 4.64. The van der Waals surface area contributed by atoms with Crippen molar-refractivity contribution in [2.45, 2.75) is 26.5 Å². The van der Waals surface area contributed by atoms with Gasteiger partial charge in [0, 0.05) is 17.6 Å². The van der Waals surface area contributed by atoms with Crippen LogP contribution >= 0.6 is 11.3 Å². The molecular weight excluding hydrogens is 372 g/mol. The molecule has 1 atom stereocenters. The maximum absolute atomic E-state index is 12.6. The van der Waals surface area contributed by atoms with Crippen LogP contribution in [-0.2, 0) is 11.3 Å². The molecule has 4 rings (SSSR count). The van der Waals surface area contributed by atoms with Gasteiger partial charge < -0.3 is 10.1 Å². The maximum atomic E-state index is 12.6. The second-order valence-electron chi connectivity index (χ2n) is 6.52. The molecule has 6 heteroatoms. The van der Waals surface area contributed by atoms with E-state index < -0.39 is 6.10 Å². The molecule has 0 unspecified atom stereocenters. The average molecular weight is 392 g/mol. The summed E-state index contributed by atoms with van der Waals surface area (Å²) >= 11 is 1.18. The fourth-order valence-corrected chi connectivity index (χ4v) is 4.22. The lowest BCUT2D eigenvalue weighted by atomic mass is 10.1. The van der Waals surface area contributed by atoms with E-state index >= 15 is 0 Å². The standard InChI is InChI=1S/C22H20N2O3S/c1-3-24-18-12-11-16(13-20(18)28-22(24)26)23-21(25)14(2)27-19-10-6-8-15-7-4-5-9-17(15)19/h4-14H,3H2,1-2H3,(H,23,25)/t14-/m0/s1. The lowest BCUT2D eigenvalue weighted by Gasteiger charge is -2.16. The van der Waals surface area contributed by atoms with Crippen molar-refractivity contribution in [1.82, 2.24) is 4.57 Å². The predicted molar refractivity (Wildman–Crippen MR) is 114 cm³/mol. The van der Waals surface area contributed by atoms with E-state index in [0.29, 0.717) is 18.0 Å². The Morgan fingerprint density at radius 3 is 2.75 bits per heavy atom.